The fraction of sp³-hybridized carbons (Fsp3) is 0.500. The van der Waals surface area contributed by atoms with Crippen molar-refractivity contribution in [1.29, 1.82) is 0 Å². The number of nitrogens with zero attached hydrogens (tertiary/aromatic N) is 5. The number of nitrogens with one attached hydrogen (secondary N) is 1. The molecular formula is C38H40F2N6O2. The molecule has 5 fully saturated rings. The van der Waals surface area contributed by atoms with Gasteiger partial charge in [0.1, 0.15) is 28.6 Å². The number of rotatable bonds is 7. The highest BCUT2D eigenvalue weighted by atomic mass is 19.1. The molecule has 2 aliphatic carbocycles. The number of halogens is 2. The van der Waals surface area contributed by atoms with Crippen LogP contribution in [0.25, 0.3) is 32.9 Å². The molecule has 2 bridgehead atoms. The molecule has 8 nitrogen and oxygen atoms in total. The van der Waals surface area contributed by atoms with Gasteiger partial charge in [-0.15, -0.1) is 6.42 Å². The maximum Gasteiger partial charge on any atom is 0.319 e. The van der Waals surface area contributed by atoms with Crippen LogP contribution in [0, 0.1) is 41.2 Å². The second-order valence-electron chi connectivity index (χ2n) is 15.0. The highest BCUT2D eigenvalue weighted by Crippen LogP contribution is 2.49. The molecule has 10 rings (SSSR count). The van der Waals surface area contributed by atoms with E-state index in [0.29, 0.717) is 40.7 Å². The summed E-state index contributed by atoms with van der Waals surface area (Å²) in [6.07, 6.45) is 13.0. The van der Waals surface area contributed by atoms with Crippen molar-refractivity contribution in [2.75, 3.05) is 44.2 Å². The fourth-order valence-electron chi connectivity index (χ4n) is 8.87. The van der Waals surface area contributed by atoms with E-state index in [4.69, 9.17) is 26.1 Å². The summed E-state index contributed by atoms with van der Waals surface area (Å²) in [6, 6.07) is 6.27. The molecule has 0 spiro atoms. The van der Waals surface area contributed by atoms with Crippen molar-refractivity contribution in [1.82, 2.24) is 25.2 Å². The number of piperidine rings is 2. The average Bonchev–Trinajstić information content (AvgIpc) is 3.87. The predicted molar refractivity (Wildman–Crippen MR) is 181 cm³/mol. The molecule has 0 unspecified atom stereocenters. The lowest BCUT2D eigenvalue weighted by atomic mass is 9.71. The Hall–Kier alpha value is -4.07. The van der Waals surface area contributed by atoms with Gasteiger partial charge in [-0.1, -0.05) is 18.9 Å². The first-order valence-corrected chi connectivity index (χ1v) is 17.5. The van der Waals surface area contributed by atoms with Crippen LogP contribution in [-0.4, -0.2) is 76.4 Å². The van der Waals surface area contributed by atoms with E-state index in [9.17, 15) is 9.50 Å². The zero-order chi connectivity index (χ0) is 32.7. The number of benzene rings is 2. The molecule has 6 aliphatic rings. The van der Waals surface area contributed by atoms with Crippen molar-refractivity contribution in [3.63, 3.8) is 0 Å². The van der Waals surface area contributed by atoms with Crippen molar-refractivity contribution in [3.8, 4) is 35.4 Å². The molecule has 6 heterocycles. The average molecular weight is 651 g/mol. The third kappa shape index (κ3) is 4.97. The number of fused-ring (bicyclic) bond motifs is 5. The van der Waals surface area contributed by atoms with Gasteiger partial charge in [0.25, 0.3) is 0 Å². The minimum Gasteiger partial charge on any atom is -0.508 e. The topological polar surface area (TPSA) is 86.6 Å². The summed E-state index contributed by atoms with van der Waals surface area (Å²) < 4.78 is 38.6. The third-order valence-corrected chi connectivity index (χ3v) is 11.6. The summed E-state index contributed by atoms with van der Waals surface area (Å²) in [5.41, 5.74) is 1.06. The molecule has 10 heteroatoms. The number of pyridine rings is 1. The van der Waals surface area contributed by atoms with Crippen LogP contribution < -0.4 is 15.0 Å². The molecule has 0 amide bonds. The molecule has 2 aromatic carbocycles. The van der Waals surface area contributed by atoms with Crippen molar-refractivity contribution in [3.05, 3.63) is 47.2 Å². The first kappa shape index (κ1) is 30.0. The summed E-state index contributed by atoms with van der Waals surface area (Å²) in [7, 11) is 0. The lowest BCUT2D eigenvalue weighted by Gasteiger charge is -2.48. The molecule has 4 aliphatic heterocycles. The number of phenolic OH excluding ortho intramolecular Hbond substituents is 1. The summed E-state index contributed by atoms with van der Waals surface area (Å²) in [5, 5.41) is 15.8. The van der Waals surface area contributed by atoms with E-state index in [2.05, 4.69) is 28.0 Å². The number of hydrogen-bond acceptors (Lipinski definition) is 8. The van der Waals surface area contributed by atoms with Crippen molar-refractivity contribution in [2.45, 2.75) is 64.0 Å². The maximum absolute atomic E-state index is 17.1. The monoisotopic (exact) mass is 650 g/mol. The Labute approximate surface area is 278 Å². The predicted octanol–water partition coefficient (Wildman–Crippen LogP) is 5.81. The maximum atomic E-state index is 17.1. The highest BCUT2D eigenvalue weighted by Gasteiger charge is 2.48. The van der Waals surface area contributed by atoms with Crippen molar-refractivity contribution >= 4 is 27.5 Å². The molecule has 2 N–H and O–H groups in total. The Bertz CT molecular complexity index is 1990. The third-order valence-electron chi connectivity index (χ3n) is 11.6. The first-order valence-electron chi connectivity index (χ1n) is 17.5. The summed E-state index contributed by atoms with van der Waals surface area (Å²) in [5.74, 6) is 3.42. The molecule has 0 radical (unpaired) electrons. The normalized spacial score (nSPS) is 25.7. The standard InChI is InChI=1S/C38H40F2N6O2/c1-3-24-18-46-25(15-41-24)6-8-30-32-35(33(40)34(42-30)28-14-26(47)13-23-5-7-29(39)27(4-2)31(23)28)43-37(44-36(32)46)48-20-38(9-10-38)19-45-16-21-11-22(12-21)17-45/h2,5,7,13-14,21-22,24-25,41,47H,3,6,8-12,15-20H2,1H3/t21?,22?,24-,25-/m1/s1. The smallest absolute Gasteiger partial charge is 0.319 e. The van der Waals surface area contributed by atoms with Gasteiger partial charge in [0.05, 0.1) is 23.3 Å². The van der Waals surface area contributed by atoms with Gasteiger partial charge in [-0.25, -0.2) is 13.8 Å². The number of hydrogen-bond donors (Lipinski definition) is 2. The van der Waals surface area contributed by atoms with Gasteiger partial charge < -0.3 is 25.0 Å². The van der Waals surface area contributed by atoms with Crippen LogP contribution in [0.3, 0.4) is 0 Å². The van der Waals surface area contributed by atoms with Gasteiger partial charge >= 0.3 is 6.01 Å². The molecule has 48 heavy (non-hydrogen) atoms. The second-order valence-corrected chi connectivity index (χ2v) is 15.0. The van der Waals surface area contributed by atoms with Gasteiger partial charge in [0.15, 0.2) is 5.82 Å². The number of aryl methyl sites for hydroxylation is 1. The second kappa shape index (κ2) is 11.2. The van der Waals surface area contributed by atoms with Crippen molar-refractivity contribution < 1.29 is 18.6 Å². The quantitative estimate of drug-likeness (QED) is 0.243. The Morgan fingerprint density at radius 3 is 2.65 bits per heavy atom. The van der Waals surface area contributed by atoms with E-state index in [1.165, 1.54) is 50.2 Å². The number of anilines is 1. The lowest BCUT2D eigenvalue weighted by Crippen LogP contribution is -2.56. The van der Waals surface area contributed by atoms with E-state index in [1.807, 2.05) is 0 Å². The molecular weight excluding hydrogens is 610 g/mol. The number of aromatic nitrogens is 3. The van der Waals surface area contributed by atoms with Crippen LogP contribution in [0.15, 0.2) is 24.3 Å². The van der Waals surface area contributed by atoms with E-state index in [1.54, 1.807) is 0 Å². The number of aromatic hydroxyl groups is 1. The Balaban J connectivity index is 1.17. The van der Waals surface area contributed by atoms with E-state index in [0.717, 1.165) is 57.2 Å². The van der Waals surface area contributed by atoms with Gasteiger partial charge in [0.2, 0.25) is 0 Å². The van der Waals surface area contributed by atoms with Crippen LogP contribution >= 0.6 is 0 Å². The molecule has 3 saturated heterocycles. The zero-order valence-corrected chi connectivity index (χ0v) is 27.2. The molecule has 4 aromatic rings. The van der Waals surface area contributed by atoms with Crippen molar-refractivity contribution in [2.24, 2.45) is 17.3 Å². The molecule has 248 valence electrons. The minimum atomic E-state index is -0.671. The zero-order valence-electron chi connectivity index (χ0n) is 27.2. The highest BCUT2D eigenvalue weighted by molar-refractivity contribution is 6.03. The van der Waals surface area contributed by atoms with Gasteiger partial charge in [0, 0.05) is 61.2 Å². The van der Waals surface area contributed by atoms with Gasteiger partial charge in [-0.2, -0.15) is 9.97 Å². The van der Waals surface area contributed by atoms with Crippen LogP contribution in [0.5, 0.6) is 11.8 Å². The fourth-order valence-corrected chi connectivity index (χ4v) is 8.87. The van der Waals surface area contributed by atoms with E-state index < -0.39 is 11.6 Å². The largest absolute Gasteiger partial charge is 0.508 e. The minimum absolute atomic E-state index is 0.00313. The summed E-state index contributed by atoms with van der Waals surface area (Å²) >= 11 is 0. The van der Waals surface area contributed by atoms with Crippen LogP contribution in [0.1, 0.15) is 56.7 Å². The number of phenols is 1. The summed E-state index contributed by atoms with van der Waals surface area (Å²) in [6.45, 7) is 7.54. The summed E-state index contributed by atoms with van der Waals surface area (Å²) in [4.78, 5) is 19.6. The molecule has 2 aromatic heterocycles. The Morgan fingerprint density at radius 1 is 1.08 bits per heavy atom. The number of piperazine rings is 1. The van der Waals surface area contributed by atoms with E-state index in [-0.39, 0.29) is 51.6 Å². The molecule has 2 saturated carbocycles. The van der Waals surface area contributed by atoms with Crippen LogP contribution in [0.2, 0.25) is 0 Å². The number of terminal acetylenes is 1. The van der Waals surface area contributed by atoms with Crippen LogP contribution in [-0.2, 0) is 6.42 Å². The van der Waals surface area contributed by atoms with E-state index >= 15 is 4.39 Å². The Kier molecular flexibility index (Phi) is 7.03. The van der Waals surface area contributed by atoms with Gasteiger partial charge in [-0.05, 0) is 80.4 Å². The molecule has 2 atom stereocenters. The SMILES string of the molecule is C#Cc1c(F)ccc2cc(O)cc(-c3nc4c5c(nc(OCC6(CN7CC8CC(C8)C7)CC6)nc5c3F)N3C[C@@H](CC)NC[C@H]3CC4)c12. The Morgan fingerprint density at radius 2 is 1.90 bits per heavy atom. The lowest BCUT2D eigenvalue weighted by molar-refractivity contribution is 0.0100. The van der Waals surface area contributed by atoms with Gasteiger partial charge in [-0.3, -0.25) is 0 Å². The first-order chi connectivity index (χ1) is 23.3. The van der Waals surface area contributed by atoms with Crippen LogP contribution in [0.4, 0.5) is 14.6 Å². The number of ether oxygens (including phenoxy) is 1.